The third kappa shape index (κ3) is 7.32. The van der Waals surface area contributed by atoms with E-state index in [4.69, 9.17) is 16.3 Å². The Hall–Kier alpha value is -2.51. The Labute approximate surface area is 166 Å². The van der Waals surface area contributed by atoms with Gasteiger partial charge in [-0.3, -0.25) is 9.59 Å². The lowest BCUT2D eigenvalue weighted by Gasteiger charge is -2.07. The van der Waals surface area contributed by atoms with Crippen molar-refractivity contribution in [3.63, 3.8) is 0 Å². The quantitative estimate of drug-likeness (QED) is 0.520. The van der Waals surface area contributed by atoms with Gasteiger partial charge in [-0.05, 0) is 42.0 Å². The van der Waals surface area contributed by atoms with Gasteiger partial charge < -0.3 is 15.4 Å². The molecule has 0 saturated heterocycles. The molecule has 0 radical (unpaired) electrons. The molecule has 0 atom stereocenters. The van der Waals surface area contributed by atoms with Crippen molar-refractivity contribution in [2.45, 2.75) is 10.6 Å². The predicted molar refractivity (Wildman–Crippen MR) is 105 cm³/mol. The molecule has 0 aliphatic carbocycles. The lowest BCUT2D eigenvalue weighted by Crippen LogP contribution is -2.37. The minimum atomic E-state index is -0.594. The van der Waals surface area contributed by atoms with Crippen LogP contribution in [0.4, 0.5) is 0 Å². The van der Waals surface area contributed by atoms with E-state index in [2.05, 4.69) is 10.6 Å². The Bertz CT molecular complexity index is 812. The highest BCUT2D eigenvalue weighted by Gasteiger charge is 2.11. The van der Waals surface area contributed by atoms with Crippen LogP contribution in [0.15, 0.2) is 53.4 Å². The molecule has 0 unspecified atom stereocenters. The van der Waals surface area contributed by atoms with Gasteiger partial charge in [-0.25, -0.2) is 4.79 Å². The number of ether oxygens (including phenoxy) is 1. The van der Waals surface area contributed by atoms with Crippen LogP contribution in [-0.2, 0) is 20.1 Å². The molecular formula is C19H19ClN2O4S. The maximum atomic E-state index is 12.1. The van der Waals surface area contributed by atoms with E-state index in [1.165, 1.54) is 7.05 Å². The molecule has 0 bridgehead atoms. The number of rotatable bonds is 8. The predicted octanol–water partition coefficient (Wildman–Crippen LogP) is 2.65. The second-order valence-electron chi connectivity index (χ2n) is 5.47. The largest absolute Gasteiger partial charge is 0.452 e. The number of likely N-dealkylation sites (N-methyl/N-ethyl adjacent to an activating group) is 1. The fourth-order valence-electron chi connectivity index (χ4n) is 2.02. The van der Waals surface area contributed by atoms with E-state index >= 15 is 0 Å². The number of halogens is 1. The van der Waals surface area contributed by atoms with Gasteiger partial charge in [0.25, 0.3) is 5.91 Å². The Morgan fingerprint density at radius 2 is 1.81 bits per heavy atom. The van der Waals surface area contributed by atoms with Crippen molar-refractivity contribution in [3.8, 4) is 0 Å². The maximum Gasteiger partial charge on any atom is 0.338 e. The summed E-state index contributed by atoms with van der Waals surface area (Å²) < 4.78 is 4.98. The van der Waals surface area contributed by atoms with Crippen LogP contribution in [-0.4, -0.2) is 38.0 Å². The molecule has 2 rings (SSSR count). The van der Waals surface area contributed by atoms with E-state index in [1.807, 2.05) is 30.3 Å². The number of amides is 2. The third-order valence-electron chi connectivity index (χ3n) is 3.44. The lowest BCUT2D eigenvalue weighted by molar-refractivity contribution is -0.127. The Balaban J connectivity index is 1.84. The molecule has 27 heavy (non-hydrogen) atoms. The molecular weight excluding hydrogens is 388 g/mol. The summed E-state index contributed by atoms with van der Waals surface area (Å²) in [7, 11) is 1.47. The average molecular weight is 407 g/mol. The SMILES string of the molecule is CNC(=O)CNC(=O)COC(=O)c1cccc(CSc2ccc(Cl)cc2)c1. The molecule has 6 nitrogen and oxygen atoms in total. The normalized spacial score (nSPS) is 10.1. The van der Waals surface area contributed by atoms with Crippen molar-refractivity contribution in [3.05, 3.63) is 64.7 Å². The second kappa shape index (κ2) is 10.6. The smallest absolute Gasteiger partial charge is 0.338 e. The van der Waals surface area contributed by atoms with Crippen LogP contribution in [0.3, 0.4) is 0 Å². The van der Waals surface area contributed by atoms with Gasteiger partial charge in [0.05, 0.1) is 12.1 Å². The minimum Gasteiger partial charge on any atom is -0.452 e. The monoisotopic (exact) mass is 406 g/mol. The molecule has 142 valence electrons. The van der Waals surface area contributed by atoms with Gasteiger partial charge in [0.2, 0.25) is 5.91 Å². The summed E-state index contributed by atoms with van der Waals surface area (Å²) in [6.45, 7) is -0.607. The second-order valence-corrected chi connectivity index (χ2v) is 6.95. The summed E-state index contributed by atoms with van der Waals surface area (Å²) in [5.41, 5.74) is 1.32. The number of benzene rings is 2. The van der Waals surface area contributed by atoms with Gasteiger partial charge >= 0.3 is 5.97 Å². The fraction of sp³-hybridized carbons (Fsp3) is 0.211. The molecule has 8 heteroatoms. The summed E-state index contributed by atoms with van der Waals surface area (Å²) in [6.07, 6.45) is 0. The molecule has 2 aromatic carbocycles. The highest BCUT2D eigenvalue weighted by Crippen LogP contribution is 2.24. The van der Waals surface area contributed by atoms with Crippen molar-refractivity contribution in [2.24, 2.45) is 0 Å². The van der Waals surface area contributed by atoms with Crippen LogP contribution in [0.5, 0.6) is 0 Å². The zero-order chi connectivity index (χ0) is 19.6. The van der Waals surface area contributed by atoms with Crippen LogP contribution in [0.1, 0.15) is 15.9 Å². The van der Waals surface area contributed by atoms with Gasteiger partial charge in [-0.2, -0.15) is 0 Å². The molecule has 2 aromatic rings. The molecule has 2 amide bonds. The van der Waals surface area contributed by atoms with Crippen LogP contribution < -0.4 is 10.6 Å². The summed E-state index contributed by atoms with van der Waals surface area (Å²) >= 11 is 7.49. The molecule has 0 spiro atoms. The summed E-state index contributed by atoms with van der Waals surface area (Å²) in [6, 6.07) is 14.6. The standard InChI is InChI=1S/C19H19ClN2O4S/c1-21-17(23)10-22-18(24)11-26-19(25)14-4-2-3-13(9-14)12-27-16-7-5-15(20)6-8-16/h2-9H,10-12H2,1H3,(H,21,23)(H,22,24). The van der Waals surface area contributed by atoms with E-state index in [1.54, 1.807) is 30.0 Å². The van der Waals surface area contributed by atoms with Gasteiger partial charge in [0.1, 0.15) is 0 Å². The molecule has 0 heterocycles. The molecule has 2 N–H and O–H groups in total. The summed E-state index contributed by atoms with van der Waals surface area (Å²) in [4.78, 5) is 35.8. The van der Waals surface area contributed by atoms with E-state index in [0.29, 0.717) is 16.3 Å². The first kappa shape index (κ1) is 20.8. The Morgan fingerprint density at radius 3 is 2.52 bits per heavy atom. The number of carbonyl (C=O) groups excluding carboxylic acids is 3. The van der Waals surface area contributed by atoms with Crippen molar-refractivity contribution in [1.82, 2.24) is 10.6 Å². The maximum absolute atomic E-state index is 12.1. The highest BCUT2D eigenvalue weighted by molar-refractivity contribution is 7.98. The average Bonchev–Trinajstić information content (AvgIpc) is 2.69. The van der Waals surface area contributed by atoms with E-state index < -0.39 is 18.5 Å². The van der Waals surface area contributed by atoms with Crippen LogP contribution in [0.2, 0.25) is 5.02 Å². The zero-order valence-electron chi connectivity index (χ0n) is 14.7. The van der Waals surface area contributed by atoms with Crippen molar-refractivity contribution < 1.29 is 19.1 Å². The van der Waals surface area contributed by atoms with Gasteiger partial charge in [-0.15, -0.1) is 11.8 Å². The first-order valence-corrected chi connectivity index (χ1v) is 9.46. The van der Waals surface area contributed by atoms with Crippen LogP contribution >= 0.6 is 23.4 Å². The van der Waals surface area contributed by atoms with Crippen molar-refractivity contribution in [1.29, 1.82) is 0 Å². The first-order valence-electron chi connectivity index (χ1n) is 8.09. The zero-order valence-corrected chi connectivity index (χ0v) is 16.2. The molecule has 0 fully saturated rings. The molecule has 0 aliphatic heterocycles. The van der Waals surface area contributed by atoms with Gasteiger partial charge in [0, 0.05) is 22.7 Å². The van der Waals surface area contributed by atoms with Gasteiger partial charge in [-0.1, -0.05) is 23.7 Å². The van der Waals surface area contributed by atoms with Crippen LogP contribution in [0.25, 0.3) is 0 Å². The lowest BCUT2D eigenvalue weighted by atomic mass is 10.1. The van der Waals surface area contributed by atoms with Crippen LogP contribution in [0, 0.1) is 0 Å². The molecule has 0 aliphatic rings. The topological polar surface area (TPSA) is 84.5 Å². The number of esters is 1. The van der Waals surface area contributed by atoms with E-state index in [9.17, 15) is 14.4 Å². The Morgan fingerprint density at radius 1 is 1.07 bits per heavy atom. The number of hydrogen-bond donors (Lipinski definition) is 2. The third-order valence-corrected chi connectivity index (χ3v) is 4.78. The fourth-order valence-corrected chi connectivity index (χ4v) is 2.99. The number of hydrogen-bond acceptors (Lipinski definition) is 5. The number of thioether (sulfide) groups is 1. The Kier molecular flexibility index (Phi) is 8.16. The van der Waals surface area contributed by atoms with Gasteiger partial charge in [0.15, 0.2) is 6.61 Å². The molecule has 0 aromatic heterocycles. The first-order chi connectivity index (χ1) is 13.0. The highest BCUT2D eigenvalue weighted by atomic mass is 35.5. The van der Waals surface area contributed by atoms with E-state index in [0.717, 1.165) is 10.5 Å². The summed E-state index contributed by atoms with van der Waals surface area (Å²) in [5, 5.41) is 5.41. The number of nitrogens with one attached hydrogen (secondary N) is 2. The molecule has 0 saturated carbocycles. The number of carbonyl (C=O) groups is 3. The minimum absolute atomic E-state index is 0.162. The van der Waals surface area contributed by atoms with E-state index in [-0.39, 0.29) is 12.5 Å². The van der Waals surface area contributed by atoms with Crippen molar-refractivity contribution in [2.75, 3.05) is 20.2 Å². The van der Waals surface area contributed by atoms with Crippen molar-refractivity contribution >= 4 is 41.1 Å². The summed E-state index contributed by atoms with van der Waals surface area (Å²) in [5.74, 6) is -0.791.